The number of carbonyl (C=O) groups excluding carboxylic acids is 2. The fourth-order valence-electron chi connectivity index (χ4n) is 1.69. The van der Waals surface area contributed by atoms with Gasteiger partial charge in [-0.15, -0.1) is 0 Å². The number of esters is 1. The molecule has 0 aromatic heterocycles. The maximum Gasteiger partial charge on any atom is 0.344 e. The smallest absolute Gasteiger partial charge is 0.344 e. The molecule has 120 valence electrons. The summed E-state index contributed by atoms with van der Waals surface area (Å²) in [6, 6.07) is 13.9. The molecule has 1 amide bonds. The highest BCUT2D eigenvalue weighted by Crippen LogP contribution is 2.15. The van der Waals surface area contributed by atoms with Crippen molar-refractivity contribution in [2.24, 2.45) is 0 Å². The van der Waals surface area contributed by atoms with Crippen LogP contribution in [0.25, 0.3) is 0 Å². The molecule has 0 fully saturated rings. The number of aryl methyl sites for hydroxylation is 1. The van der Waals surface area contributed by atoms with E-state index in [4.69, 9.17) is 21.1 Å². The molecular weight excluding hydrogens is 318 g/mol. The number of ether oxygens (including phenoxy) is 2. The van der Waals surface area contributed by atoms with Crippen LogP contribution in [0.4, 0.5) is 5.69 Å². The van der Waals surface area contributed by atoms with Gasteiger partial charge in [-0.05, 0) is 43.3 Å². The molecule has 23 heavy (non-hydrogen) atoms. The predicted molar refractivity (Wildman–Crippen MR) is 87.7 cm³/mol. The Morgan fingerprint density at radius 2 is 1.65 bits per heavy atom. The van der Waals surface area contributed by atoms with Gasteiger partial charge in [0, 0.05) is 10.7 Å². The Morgan fingerprint density at radius 1 is 1.00 bits per heavy atom. The van der Waals surface area contributed by atoms with E-state index in [9.17, 15) is 9.59 Å². The van der Waals surface area contributed by atoms with Gasteiger partial charge in [0.15, 0.2) is 13.2 Å². The van der Waals surface area contributed by atoms with Crippen molar-refractivity contribution in [2.75, 3.05) is 18.5 Å². The summed E-state index contributed by atoms with van der Waals surface area (Å²) in [7, 11) is 0. The number of carbonyl (C=O) groups is 2. The van der Waals surface area contributed by atoms with Gasteiger partial charge in [0.05, 0.1) is 0 Å². The summed E-state index contributed by atoms with van der Waals surface area (Å²) in [5.74, 6) is -0.539. The van der Waals surface area contributed by atoms with Gasteiger partial charge in [-0.1, -0.05) is 29.3 Å². The van der Waals surface area contributed by atoms with Gasteiger partial charge >= 0.3 is 5.97 Å². The van der Waals surface area contributed by atoms with Crippen LogP contribution >= 0.6 is 11.6 Å². The van der Waals surface area contributed by atoms with E-state index in [1.165, 1.54) is 0 Å². The first kappa shape index (κ1) is 16.8. The van der Waals surface area contributed by atoms with Gasteiger partial charge in [0.25, 0.3) is 5.91 Å². The van der Waals surface area contributed by atoms with Crippen LogP contribution in [-0.2, 0) is 14.3 Å². The van der Waals surface area contributed by atoms with Crippen LogP contribution in [0, 0.1) is 6.92 Å². The van der Waals surface area contributed by atoms with E-state index in [0.717, 1.165) is 5.56 Å². The lowest BCUT2D eigenvalue weighted by molar-refractivity contribution is -0.149. The molecular formula is C17H16ClNO4. The summed E-state index contributed by atoms with van der Waals surface area (Å²) in [6.45, 7) is 1.31. The third-order valence-electron chi connectivity index (χ3n) is 2.87. The first-order chi connectivity index (χ1) is 11.0. The lowest BCUT2D eigenvalue weighted by Gasteiger charge is -2.08. The SMILES string of the molecule is Cc1ccc(NC(=O)COC(=O)COc2ccc(Cl)cc2)cc1. The van der Waals surface area contributed by atoms with Crippen molar-refractivity contribution < 1.29 is 19.1 Å². The first-order valence-electron chi connectivity index (χ1n) is 6.93. The molecule has 0 heterocycles. The minimum absolute atomic E-state index is 0.278. The summed E-state index contributed by atoms with van der Waals surface area (Å²) in [6.07, 6.45) is 0. The van der Waals surface area contributed by atoms with Crippen LogP contribution in [0.2, 0.25) is 5.02 Å². The van der Waals surface area contributed by atoms with Gasteiger partial charge in [0.2, 0.25) is 0 Å². The Kier molecular flexibility index (Phi) is 6.00. The number of rotatable bonds is 6. The molecule has 0 unspecified atom stereocenters. The van der Waals surface area contributed by atoms with Gasteiger partial charge in [-0.25, -0.2) is 4.79 Å². The van der Waals surface area contributed by atoms with Crippen LogP contribution < -0.4 is 10.1 Å². The monoisotopic (exact) mass is 333 g/mol. The van der Waals surface area contributed by atoms with Gasteiger partial charge in [0.1, 0.15) is 5.75 Å². The van der Waals surface area contributed by atoms with E-state index >= 15 is 0 Å². The maximum atomic E-state index is 11.7. The molecule has 2 aromatic rings. The van der Waals surface area contributed by atoms with E-state index in [2.05, 4.69) is 5.32 Å². The van der Waals surface area contributed by atoms with Crippen LogP contribution in [0.5, 0.6) is 5.75 Å². The van der Waals surface area contributed by atoms with Crippen LogP contribution in [-0.4, -0.2) is 25.1 Å². The third kappa shape index (κ3) is 6.00. The molecule has 1 N–H and O–H groups in total. The Balaban J connectivity index is 1.70. The largest absolute Gasteiger partial charge is 0.482 e. The molecule has 0 aliphatic heterocycles. The lowest BCUT2D eigenvalue weighted by atomic mass is 10.2. The molecule has 0 spiro atoms. The molecule has 0 saturated heterocycles. The number of hydrogen-bond acceptors (Lipinski definition) is 4. The zero-order valence-electron chi connectivity index (χ0n) is 12.5. The molecule has 0 aliphatic carbocycles. The van der Waals surface area contributed by atoms with Crippen LogP contribution in [0.1, 0.15) is 5.56 Å². The van der Waals surface area contributed by atoms with Crippen molar-refractivity contribution >= 4 is 29.2 Å². The highest BCUT2D eigenvalue weighted by Gasteiger charge is 2.09. The molecule has 6 heteroatoms. The number of halogens is 1. The summed E-state index contributed by atoms with van der Waals surface area (Å²) in [4.78, 5) is 23.2. The molecule has 0 saturated carbocycles. The number of hydrogen-bond donors (Lipinski definition) is 1. The second-order valence-electron chi connectivity index (χ2n) is 4.82. The second-order valence-corrected chi connectivity index (χ2v) is 5.25. The third-order valence-corrected chi connectivity index (χ3v) is 3.12. The van der Waals surface area contributed by atoms with Gasteiger partial charge < -0.3 is 14.8 Å². The zero-order valence-corrected chi connectivity index (χ0v) is 13.3. The van der Waals surface area contributed by atoms with Gasteiger partial charge in [-0.2, -0.15) is 0 Å². The normalized spacial score (nSPS) is 10.0. The van der Waals surface area contributed by atoms with Crippen LogP contribution in [0.3, 0.4) is 0 Å². The highest BCUT2D eigenvalue weighted by molar-refractivity contribution is 6.30. The lowest BCUT2D eigenvalue weighted by Crippen LogP contribution is -2.23. The number of amides is 1. The topological polar surface area (TPSA) is 64.6 Å². The Hall–Kier alpha value is -2.53. The average Bonchev–Trinajstić information content (AvgIpc) is 2.54. The molecule has 5 nitrogen and oxygen atoms in total. The quantitative estimate of drug-likeness (QED) is 0.824. The number of nitrogens with one attached hydrogen (secondary N) is 1. The van der Waals surface area contributed by atoms with Crippen molar-refractivity contribution in [1.82, 2.24) is 0 Å². The summed E-state index contributed by atoms with van der Waals surface area (Å²) >= 11 is 5.74. The van der Waals surface area contributed by atoms with E-state index in [-0.39, 0.29) is 13.2 Å². The number of anilines is 1. The predicted octanol–water partition coefficient (Wildman–Crippen LogP) is 3.21. The van der Waals surface area contributed by atoms with E-state index < -0.39 is 11.9 Å². The molecule has 0 bridgehead atoms. The standard InChI is InChI=1S/C17H16ClNO4/c1-12-2-6-14(7-3-12)19-16(20)10-23-17(21)11-22-15-8-4-13(18)5-9-15/h2-9H,10-11H2,1H3,(H,19,20). The molecule has 0 aliphatic rings. The van der Waals surface area contributed by atoms with Crippen molar-refractivity contribution in [3.8, 4) is 5.75 Å². The first-order valence-corrected chi connectivity index (χ1v) is 7.31. The second kappa shape index (κ2) is 8.19. The Labute approximate surface area is 139 Å². The van der Waals surface area contributed by atoms with E-state index in [1.54, 1.807) is 36.4 Å². The van der Waals surface area contributed by atoms with Crippen molar-refractivity contribution in [2.45, 2.75) is 6.92 Å². The Bertz CT molecular complexity index is 668. The van der Waals surface area contributed by atoms with Crippen molar-refractivity contribution in [3.63, 3.8) is 0 Å². The Morgan fingerprint density at radius 3 is 2.30 bits per heavy atom. The van der Waals surface area contributed by atoms with Gasteiger partial charge in [-0.3, -0.25) is 4.79 Å². The van der Waals surface area contributed by atoms with Crippen LogP contribution in [0.15, 0.2) is 48.5 Å². The fourth-order valence-corrected chi connectivity index (χ4v) is 1.82. The van der Waals surface area contributed by atoms with E-state index in [0.29, 0.717) is 16.5 Å². The molecule has 2 rings (SSSR count). The average molecular weight is 334 g/mol. The highest BCUT2D eigenvalue weighted by atomic mass is 35.5. The molecule has 0 radical (unpaired) electrons. The van der Waals surface area contributed by atoms with Crippen molar-refractivity contribution in [3.05, 3.63) is 59.1 Å². The summed E-state index contributed by atoms with van der Waals surface area (Å²) in [5.41, 5.74) is 1.74. The number of benzene rings is 2. The summed E-state index contributed by atoms with van der Waals surface area (Å²) < 4.78 is 10.1. The maximum absolute atomic E-state index is 11.7. The zero-order chi connectivity index (χ0) is 16.7. The fraction of sp³-hybridized carbons (Fsp3) is 0.176. The minimum Gasteiger partial charge on any atom is -0.482 e. The molecule has 2 aromatic carbocycles. The van der Waals surface area contributed by atoms with E-state index in [1.807, 2.05) is 19.1 Å². The molecule has 0 atom stereocenters. The summed E-state index contributed by atoms with van der Waals surface area (Å²) in [5, 5.41) is 3.21. The minimum atomic E-state index is -0.626. The van der Waals surface area contributed by atoms with Crippen molar-refractivity contribution in [1.29, 1.82) is 0 Å².